The lowest BCUT2D eigenvalue weighted by molar-refractivity contribution is -0.387. The number of nitrogens with zero attached hydrogens (tertiary/aromatic N) is 9. The number of nitro benzene ring substituents is 3. The molecule has 10 aromatic carbocycles. The standard InChI is InChI=1S/C18H20N2O2.C18H21NO4.C17H18N2O2.C13H10FNO3.C11H14N2O2.C6H4FNO3/c1-18(2,21)12-20-13-19-16-9-8-15(10-17(16)20)22-11-14-6-4-3-5-7-14;1-18(2,20)11-10-15-12-16(8-9-17(15)19(21)22)23-13-14-6-4-3-5-7-14;1-17(2,20)11-19-12-18-15-9-8-14(10-16(15)19)21-13-6-4-3-5-7-13;14-12-8-11(6-7-13(12)15(16)17)18-9-10-4-2-1-3-5-10;1-11(2,15)6-13-7-12-9-4-3-8(14)5-10(9)13;7-5-3-4(9)1-2-6(5)8(10)11/h3-10,13,21H,11-12H2,1-2H3;3-9,12,20H,10-11,13H2,1-2H3;3-10,12,20H,11H2,1-2H3;1-8H,9H2;3-5,7,14-15H,6H2,1-2H3;1-3,9H. The summed E-state index contributed by atoms with van der Waals surface area (Å²) in [5.74, 6) is 1.16. The minimum atomic E-state index is -1.03. The fraction of sp³-hybridized carbons (Fsp3) is 0.241. The Kier molecular flexibility index (Phi) is 28.8. The molecule has 6 N–H and O–H groups in total. The van der Waals surface area contributed by atoms with Crippen molar-refractivity contribution in [3.05, 3.63) is 314 Å². The zero-order valence-electron chi connectivity index (χ0n) is 61.9. The molecule has 0 bridgehead atoms. The van der Waals surface area contributed by atoms with Crippen LogP contribution in [0.15, 0.2) is 250 Å². The predicted molar refractivity (Wildman–Crippen MR) is 414 cm³/mol. The van der Waals surface area contributed by atoms with E-state index in [1.807, 2.05) is 171 Å². The molecule has 0 aliphatic carbocycles. The second-order valence-corrected chi connectivity index (χ2v) is 27.9. The number of rotatable bonds is 23. The van der Waals surface area contributed by atoms with E-state index in [1.54, 1.807) is 105 Å². The summed E-state index contributed by atoms with van der Waals surface area (Å²) in [7, 11) is 0. The molecule has 3 aromatic heterocycles. The maximum absolute atomic E-state index is 13.3. The fourth-order valence-corrected chi connectivity index (χ4v) is 10.6. The van der Waals surface area contributed by atoms with Gasteiger partial charge in [-0.05, 0) is 158 Å². The third kappa shape index (κ3) is 27.3. The highest BCUT2D eigenvalue weighted by Crippen LogP contribution is 2.31. The molecule has 0 unspecified atom stereocenters. The van der Waals surface area contributed by atoms with Crippen LogP contribution in [0.5, 0.6) is 40.2 Å². The summed E-state index contributed by atoms with van der Waals surface area (Å²) in [5.41, 5.74) is 4.66. The fourth-order valence-electron chi connectivity index (χ4n) is 10.6. The molecule has 574 valence electrons. The Bertz CT molecular complexity index is 5140. The van der Waals surface area contributed by atoms with Crippen molar-refractivity contribution in [2.24, 2.45) is 0 Å². The van der Waals surface area contributed by atoms with Crippen molar-refractivity contribution in [3.63, 3.8) is 0 Å². The Morgan fingerprint density at radius 3 is 1.10 bits per heavy atom. The largest absolute Gasteiger partial charge is 0.508 e. The van der Waals surface area contributed by atoms with E-state index in [4.69, 9.17) is 24.1 Å². The number of phenols is 2. The lowest BCUT2D eigenvalue weighted by Gasteiger charge is -2.18. The number of benzene rings is 10. The van der Waals surface area contributed by atoms with E-state index in [1.165, 1.54) is 12.1 Å². The van der Waals surface area contributed by atoms with Gasteiger partial charge in [-0.3, -0.25) is 30.3 Å². The normalized spacial score (nSPS) is 11.2. The molecule has 0 aliphatic heterocycles. The number of phenolic OH excluding ortho intramolecular Hbond substituents is 2. The first-order valence-corrected chi connectivity index (χ1v) is 34.6. The van der Waals surface area contributed by atoms with Crippen molar-refractivity contribution < 1.29 is 73.1 Å². The molecule has 0 fully saturated rings. The van der Waals surface area contributed by atoms with Gasteiger partial charge >= 0.3 is 11.4 Å². The summed E-state index contributed by atoms with van der Waals surface area (Å²) in [6.07, 6.45) is 6.03. The Morgan fingerprint density at radius 2 is 0.700 bits per heavy atom. The molecule has 13 rings (SSSR count). The van der Waals surface area contributed by atoms with Crippen LogP contribution in [0.4, 0.5) is 25.8 Å². The van der Waals surface area contributed by atoms with Crippen LogP contribution in [0, 0.1) is 42.0 Å². The van der Waals surface area contributed by atoms with E-state index in [0.29, 0.717) is 63.1 Å². The first-order valence-electron chi connectivity index (χ1n) is 34.6. The van der Waals surface area contributed by atoms with Gasteiger partial charge in [0, 0.05) is 54.1 Å². The van der Waals surface area contributed by atoms with Crippen molar-refractivity contribution >= 4 is 50.2 Å². The number of hydrogen-bond acceptors (Lipinski definition) is 19. The average Bonchev–Trinajstić information content (AvgIpc) is 1.66. The summed E-state index contributed by atoms with van der Waals surface area (Å²) in [6, 6.07) is 66.3. The number of nitro groups is 3. The summed E-state index contributed by atoms with van der Waals surface area (Å²) >= 11 is 0. The van der Waals surface area contributed by atoms with E-state index in [2.05, 4.69) is 15.0 Å². The van der Waals surface area contributed by atoms with E-state index in [-0.39, 0.29) is 29.5 Å². The lowest BCUT2D eigenvalue weighted by Crippen LogP contribution is -2.25. The van der Waals surface area contributed by atoms with Crippen LogP contribution in [0.1, 0.15) is 84.1 Å². The number of fused-ring (bicyclic) bond motifs is 3. The number of para-hydroxylation sites is 1. The minimum absolute atomic E-state index is 0.0568. The number of aliphatic hydroxyl groups is 4. The average molecular weight is 1500 g/mol. The van der Waals surface area contributed by atoms with Gasteiger partial charge in [-0.1, -0.05) is 109 Å². The van der Waals surface area contributed by atoms with Crippen molar-refractivity contribution in [1.29, 1.82) is 0 Å². The molecule has 0 radical (unpaired) electrons. The molecule has 0 aliphatic rings. The molecular formula is C83H87F2N9O16. The Labute approximate surface area is 633 Å². The number of hydrogen-bond donors (Lipinski definition) is 6. The Balaban J connectivity index is 0.000000168. The molecule has 0 amide bonds. The van der Waals surface area contributed by atoms with Gasteiger partial charge in [0.15, 0.2) is 0 Å². The maximum atomic E-state index is 13.3. The van der Waals surface area contributed by atoms with Gasteiger partial charge in [0.05, 0.1) is 109 Å². The number of aryl methyl sites for hydroxylation is 1. The van der Waals surface area contributed by atoms with Gasteiger partial charge in [-0.2, -0.15) is 8.78 Å². The third-order valence-electron chi connectivity index (χ3n) is 15.7. The molecule has 0 spiro atoms. The zero-order chi connectivity index (χ0) is 79.8. The smallest absolute Gasteiger partial charge is 0.305 e. The monoisotopic (exact) mass is 1500 g/mol. The van der Waals surface area contributed by atoms with E-state index < -0.39 is 60.2 Å². The van der Waals surface area contributed by atoms with Crippen LogP contribution in [-0.4, -0.2) is 96.5 Å². The number of imidazole rings is 3. The summed E-state index contributed by atoms with van der Waals surface area (Å²) in [6.45, 7) is 16.6. The SMILES string of the molecule is CC(C)(O)CCc1cc(OCc2ccccc2)ccc1[N+](=O)[O-].CC(C)(O)Cn1cnc2ccc(O)cc21.CC(C)(O)Cn1cnc2ccc(OCc3ccccc3)cc21.CC(C)(O)Cn1cnc2ccc(Oc3ccccc3)cc21.O=[N+]([O-])c1ccc(O)cc1F.O=[N+]([O-])c1ccc(OCc2ccccc2)cc1F. The molecule has 110 heavy (non-hydrogen) atoms. The predicted octanol–water partition coefficient (Wildman–Crippen LogP) is 17.1. The number of ether oxygens (including phenoxy) is 4. The second-order valence-electron chi connectivity index (χ2n) is 27.9. The van der Waals surface area contributed by atoms with Crippen LogP contribution in [0.3, 0.4) is 0 Å². The summed E-state index contributed by atoms with van der Waals surface area (Å²) in [4.78, 5) is 42.5. The van der Waals surface area contributed by atoms with Crippen molar-refractivity contribution in [2.75, 3.05) is 0 Å². The van der Waals surface area contributed by atoms with Crippen molar-refractivity contribution in [1.82, 2.24) is 28.7 Å². The zero-order valence-corrected chi connectivity index (χ0v) is 61.9. The van der Waals surface area contributed by atoms with Crippen LogP contribution >= 0.6 is 0 Å². The highest BCUT2D eigenvalue weighted by atomic mass is 19.1. The Hall–Kier alpha value is -12.7. The summed E-state index contributed by atoms with van der Waals surface area (Å²) in [5, 5.41) is 89.1. The molecule has 0 atom stereocenters. The molecule has 0 saturated heterocycles. The molecule has 27 heteroatoms. The second kappa shape index (κ2) is 38.2. The van der Waals surface area contributed by atoms with Gasteiger partial charge in [-0.25, -0.2) is 15.0 Å². The van der Waals surface area contributed by atoms with E-state index in [0.717, 1.165) is 91.3 Å². The van der Waals surface area contributed by atoms with Gasteiger partial charge in [-0.15, -0.1) is 0 Å². The minimum Gasteiger partial charge on any atom is -0.508 e. The van der Waals surface area contributed by atoms with E-state index >= 15 is 0 Å². The van der Waals surface area contributed by atoms with Crippen LogP contribution in [0.25, 0.3) is 33.1 Å². The van der Waals surface area contributed by atoms with Crippen LogP contribution in [-0.2, 0) is 45.9 Å². The first kappa shape index (κ1) is 83.0. The van der Waals surface area contributed by atoms with Crippen molar-refractivity contribution in [3.8, 4) is 40.2 Å². The lowest BCUT2D eigenvalue weighted by atomic mass is 9.98. The maximum Gasteiger partial charge on any atom is 0.305 e. The molecular weight excluding hydrogens is 1420 g/mol. The van der Waals surface area contributed by atoms with Gasteiger partial charge in [0.25, 0.3) is 5.69 Å². The van der Waals surface area contributed by atoms with Gasteiger partial charge in [0.1, 0.15) is 60.1 Å². The topological polar surface area (TPSA) is 341 Å². The number of aromatic nitrogens is 6. The summed E-state index contributed by atoms with van der Waals surface area (Å²) < 4.78 is 54.3. The highest BCUT2D eigenvalue weighted by Gasteiger charge is 2.22. The van der Waals surface area contributed by atoms with Gasteiger partial charge in [0.2, 0.25) is 11.6 Å². The van der Waals surface area contributed by atoms with E-state index in [9.17, 15) is 64.7 Å². The third-order valence-corrected chi connectivity index (χ3v) is 15.7. The molecule has 0 saturated carbocycles. The molecule has 13 aromatic rings. The van der Waals surface area contributed by atoms with Gasteiger partial charge < -0.3 is 63.3 Å². The number of halogens is 2. The van der Waals surface area contributed by atoms with Crippen LogP contribution < -0.4 is 18.9 Å². The quantitative estimate of drug-likeness (QED) is 0.0256. The molecule has 25 nitrogen and oxygen atoms in total. The number of aromatic hydroxyl groups is 2. The van der Waals surface area contributed by atoms with Crippen molar-refractivity contribution in [2.45, 2.75) is 130 Å². The Morgan fingerprint density at radius 1 is 0.373 bits per heavy atom. The molecule has 3 heterocycles. The first-order chi connectivity index (χ1) is 52.1. The van der Waals surface area contributed by atoms with Crippen LogP contribution in [0.2, 0.25) is 0 Å². The highest BCUT2D eigenvalue weighted by molar-refractivity contribution is 5.78.